The molecule has 2 N–H and O–H groups in total. The van der Waals surface area contributed by atoms with E-state index in [2.05, 4.69) is 29.3 Å². The summed E-state index contributed by atoms with van der Waals surface area (Å²) in [5.74, 6) is 0.769. The highest BCUT2D eigenvalue weighted by Gasteiger charge is 2.12. The first-order valence-corrected chi connectivity index (χ1v) is 8.02. The van der Waals surface area contributed by atoms with Crippen molar-refractivity contribution < 1.29 is 4.74 Å². The lowest BCUT2D eigenvalue weighted by molar-refractivity contribution is 0.285. The van der Waals surface area contributed by atoms with Crippen LogP contribution >= 0.6 is 12.1 Å². The maximum absolute atomic E-state index is 5.76. The number of rotatable bonds is 8. The number of nitrogens with two attached hydrogens (primary N) is 1. The number of hydrogen-bond acceptors (Lipinski definition) is 5. The second-order valence-corrected chi connectivity index (χ2v) is 5.46. The first kappa shape index (κ1) is 16.5. The highest BCUT2D eigenvalue weighted by atomic mass is 32.2. The van der Waals surface area contributed by atoms with Gasteiger partial charge in [-0.15, -0.1) is 0 Å². The molecule has 0 saturated carbocycles. The summed E-state index contributed by atoms with van der Waals surface area (Å²) in [4.78, 5) is 2.32. The Hall–Kier alpha value is -0.520. The maximum atomic E-state index is 5.76. The van der Waals surface area contributed by atoms with E-state index in [0.717, 1.165) is 57.0 Å². The zero-order valence-corrected chi connectivity index (χ0v) is 13.0. The molecule has 0 bridgehead atoms. The van der Waals surface area contributed by atoms with E-state index < -0.39 is 0 Å². The molecular formula is C14H27N3OS. The minimum atomic E-state index is 0.752. The monoisotopic (exact) mass is 285 g/mol. The molecule has 0 saturated heterocycles. The molecule has 1 rings (SSSR count). The molecule has 0 radical (unpaired) electrons. The van der Waals surface area contributed by atoms with Gasteiger partial charge in [0.25, 0.3) is 0 Å². The fraction of sp³-hybridized carbons (Fsp3) is 0.786. The first-order valence-electron chi connectivity index (χ1n) is 7.18. The SMILES string of the molecule is CCCCCCO/C(CC1=CCCN(C)C1)=N/SN. The van der Waals surface area contributed by atoms with Crippen LogP contribution in [0.25, 0.3) is 0 Å². The lowest BCUT2D eigenvalue weighted by Crippen LogP contribution is -2.26. The van der Waals surface area contributed by atoms with E-state index in [1.54, 1.807) is 0 Å². The van der Waals surface area contributed by atoms with E-state index in [1.807, 2.05) is 0 Å². The van der Waals surface area contributed by atoms with Gasteiger partial charge < -0.3 is 9.64 Å². The van der Waals surface area contributed by atoms with Crippen LogP contribution in [0, 0.1) is 0 Å². The molecule has 0 atom stereocenters. The minimum Gasteiger partial charge on any atom is -0.480 e. The van der Waals surface area contributed by atoms with Gasteiger partial charge in [0, 0.05) is 19.5 Å². The summed E-state index contributed by atoms with van der Waals surface area (Å²) in [7, 11) is 2.15. The van der Waals surface area contributed by atoms with Crippen LogP contribution in [0.4, 0.5) is 0 Å². The molecule has 0 spiro atoms. The van der Waals surface area contributed by atoms with Crippen LogP contribution in [0.15, 0.2) is 16.0 Å². The summed E-state index contributed by atoms with van der Waals surface area (Å²) in [6, 6.07) is 0. The topological polar surface area (TPSA) is 50.8 Å². The van der Waals surface area contributed by atoms with E-state index in [-0.39, 0.29) is 0 Å². The number of likely N-dealkylation sites (N-methyl/N-ethyl adjacent to an activating group) is 1. The van der Waals surface area contributed by atoms with Gasteiger partial charge in [-0.25, -0.2) is 0 Å². The van der Waals surface area contributed by atoms with Crippen LogP contribution in [0.5, 0.6) is 0 Å². The van der Waals surface area contributed by atoms with Crippen molar-refractivity contribution in [2.45, 2.75) is 45.4 Å². The van der Waals surface area contributed by atoms with Crippen molar-refractivity contribution in [2.75, 3.05) is 26.7 Å². The largest absolute Gasteiger partial charge is 0.480 e. The summed E-state index contributed by atoms with van der Waals surface area (Å²) in [5.41, 5.74) is 1.38. The van der Waals surface area contributed by atoms with Crippen LogP contribution in [-0.4, -0.2) is 37.5 Å². The van der Waals surface area contributed by atoms with E-state index in [0.29, 0.717) is 0 Å². The summed E-state index contributed by atoms with van der Waals surface area (Å²) in [5, 5.41) is 5.43. The third-order valence-electron chi connectivity index (χ3n) is 3.22. The van der Waals surface area contributed by atoms with Crippen molar-refractivity contribution in [3.8, 4) is 0 Å². The highest BCUT2D eigenvalue weighted by molar-refractivity contribution is 7.95. The molecular weight excluding hydrogens is 258 g/mol. The van der Waals surface area contributed by atoms with Crippen molar-refractivity contribution in [1.82, 2.24) is 4.90 Å². The van der Waals surface area contributed by atoms with E-state index in [4.69, 9.17) is 9.88 Å². The third-order valence-corrected chi connectivity index (χ3v) is 3.53. The molecule has 1 heterocycles. The second kappa shape index (κ2) is 10.3. The molecule has 0 fully saturated rings. The number of unbranched alkanes of at least 4 members (excludes halogenated alkanes) is 3. The fourth-order valence-electron chi connectivity index (χ4n) is 2.19. The molecule has 0 aromatic carbocycles. The van der Waals surface area contributed by atoms with Gasteiger partial charge in [-0.05, 0) is 19.9 Å². The number of ether oxygens (including phenoxy) is 1. The second-order valence-electron chi connectivity index (χ2n) is 5.07. The number of hydrogen-bond donors (Lipinski definition) is 1. The van der Waals surface area contributed by atoms with Crippen molar-refractivity contribution in [1.29, 1.82) is 0 Å². The Bertz CT molecular complexity index is 305. The Morgan fingerprint density at radius 1 is 1.47 bits per heavy atom. The van der Waals surface area contributed by atoms with E-state index in [9.17, 15) is 0 Å². The van der Waals surface area contributed by atoms with Crippen LogP contribution in [0.3, 0.4) is 0 Å². The quantitative estimate of drug-likeness (QED) is 0.245. The Morgan fingerprint density at radius 2 is 2.32 bits per heavy atom. The van der Waals surface area contributed by atoms with Crippen molar-refractivity contribution >= 4 is 18.0 Å². The smallest absolute Gasteiger partial charge is 0.200 e. The number of nitrogens with zero attached hydrogens (tertiary/aromatic N) is 2. The maximum Gasteiger partial charge on any atom is 0.200 e. The van der Waals surface area contributed by atoms with Gasteiger partial charge in [0.2, 0.25) is 5.90 Å². The van der Waals surface area contributed by atoms with Gasteiger partial charge in [0.1, 0.15) is 0 Å². The van der Waals surface area contributed by atoms with Gasteiger partial charge in [-0.2, -0.15) is 4.40 Å². The lowest BCUT2D eigenvalue weighted by Gasteiger charge is -2.23. The Kier molecular flexibility index (Phi) is 8.95. The lowest BCUT2D eigenvalue weighted by atomic mass is 10.1. The van der Waals surface area contributed by atoms with Crippen LogP contribution in [0.2, 0.25) is 0 Å². The molecule has 5 heteroatoms. The Balaban J connectivity index is 2.32. The summed E-state index contributed by atoms with van der Waals surface area (Å²) in [6.07, 6.45) is 9.06. The summed E-state index contributed by atoms with van der Waals surface area (Å²) >= 11 is 0.990. The molecule has 0 aromatic heterocycles. The fourth-order valence-corrected chi connectivity index (χ4v) is 2.42. The first-order chi connectivity index (χ1) is 9.26. The molecule has 0 aliphatic carbocycles. The van der Waals surface area contributed by atoms with E-state index >= 15 is 0 Å². The Labute approximate surface area is 121 Å². The van der Waals surface area contributed by atoms with Gasteiger partial charge >= 0.3 is 0 Å². The summed E-state index contributed by atoms with van der Waals surface area (Å²) in [6.45, 7) is 5.11. The molecule has 0 aromatic rings. The van der Waals surface area contributed by atoms with Gasteiger partial charge in [0.05, 0.1) is 18.7 Å². The average molecular weight is 285 g/mol. The molecule has 1 aliphatic heterocycles. The molecule has 1 aliphatic rings. The van der Waals surface area contributed by atoms with Crippen molar-refractivity contribution in [2.24, 2.45) is 9.54 Å². The average Bonchev–Trinajstić information content (AvgIpc) is 2.38. The predicted octanol–water partition coefficient (Wildman–Crippen LogP) is 3.16. The highest BCUT2D eigenvalue weighted by Crippen LogP contribution is 2.14. The van der Waals surface area contributed by atoms with Crippen molar-refractivity contribution in [3.63, 3.8) is 0 Å². The predicted molar refractivity (Wildman–Crippen MR) is 84.1 cm³/mol. The molecule has 4 nitrogen and oxygen atoms in total. The molecule has 0 unspecified atom stereocenters. The standard InChI is InChI=1S/C14H27N3OS/c1-3-4-5-6-10-18-14(16-19-15)11-13-8-7-9-17(2)12-13/h8H,3-7,9-12,15H2,1-2H3/b16-14+. The van der Waals surface area contributed by atoms with Gasteiger partial charge in [-0.3, -0.25) is 5.14 Å². The van der Waals surface area contributed by atoms with Gasteiger partial charge in [-0.1, -0.05) is 37.8 Å². The molecule has 19 heavy (non-hydrogen) atoms. The molecule has 0 amide bonds. The normalized spacial score (nSPS) is 17.4. The summed E-state index contributed by atoms with van der Waals surface area (Å²) < 4.78 is 9.95. The third kappa shape index (κ3) is 7.60. The van der Waals surface area contributed by atoms with Crippen LogP contribution in [-0.2, 0) is 4.74 Å². The van der Waals surface area contributed by atoms with Crippen LogP contribution in [0.1, 0.15) is 45.4 Å². The van der Waals surface area contributed by atoms with E-state index in [1.165, 1.54) is 24.8 Å². The zero-order chi connectivity index (χ0) is 13.9. The van der Waals surface area contributed by atoms with Crippen LogP contribution < -0.4 is 5.14 Å². The Morgan fingerprint density at radius 3 is 3.00 bits per heavy atom. The van der Waals surface area contributed by atoms with Gasteiger partial charge in [0.15, 0.2) is 0 Å². The zero-order valence-electron chi connectivity index (χ0n) is 12.2. The molecule has 110 valence electrons. The minimum absolute atomic E-state index is 0.752. The van der Waals surface area contributed by atoms with Crippen molar-refractivity contribution in [3.05, 3.63) is 11.6 Å².